The number of nitrogens with zero attached hydrogens (tertiary/aromatic N) is 1. The van der Waals surface area contributed by atoms with Crippen LogP contribution in [0.2, 0.25) is 0 Å². The molecule has 2 aliphatic carbocycles. The van der Waals surface area contributed by atoms with Crippen LogP contribution in [0.15, 0.2) is 237 Å². The Kier molecular flexibility index (Phi) is 9.97. The molecule has 1 atom stereocenters. The summed E-state index contributed by atoms with van der Waals surface area (Å²) in [6.45, 7) is 14.2. The van der Waals surface area contributed by atoms with Crippen LogP contribution in [-0.4, -0.2) is 0 Å². The van der Waals surface area contributed by atoms with E-state index in [9.17, 15) is 0 Å². The van der Waals surface area contributed by atoms with E-state index in [1.165, 1.54) is 111 Å². The molecular formula is C71H57N. The maximum atomic E-state index is 2.62. The van der Waals surface area contributed by atoms with Crippen molar-refractivity contribution in [2.75, 3.05) is 4.90 Å². The minimum absolute atomic E-state index is 0.0629. The van der Waals surface area contributed by atoms with Crippen LogP contribution >= 0.6 is 0 Å². The van der Waals surface area contributed by atoms with Gasteiger partial charge in [0.2, 0.25) is 0 Å². The lowest BCUT2D eigenvalue weighted by Crippen LogP contribution is -2.33. The third-order valence-corrected chi connectivity index (χ3v) is 15.7. The number of fused-ring (bicyclic) bond motifs is 11. The largest absolute Gasteiger partial charge is 0.310 e. The molecule has 1 unspecified atom stereocenters. The fourth-order valence-corrected chi connectivity index (χ4v) is 12.6. The monoisotopic (exact) mass is 923 g/mol. The molecule has 0 saturated carbocycles. The molecule has 0 aliphatic heterocycles. The fraction of sp³-hybridized carbons (Fsp3) is 0.127. The molecule has 0 radical (unpaired) electrons. The molecule has 0 fully saturated rings. The van der Waals surface area contributed by atoms with Gasteiger partial charge in [-0.25, -0.2) is 0 Å². The highest BCUT2D eigenvalue weighted by Crippen LogP contribution is 2.64. The van der Waals surface area contributed by atoms with E-state index in [-0.39, 0.29) is 10.8 Å². The van der Waals surface area contributed by atoms with E-state index in [1.807, 2.05) is 0 Å². The summed E-state index contributed by atoms with van der Waals surface area (Å²) in [5, 5.41) is 5.33. The van der Waals surface area contributed by atoms with Crippen molar-refractivity contribution in [3.05, 3.63) is 270 Å². The van der Waals surface area contributed by atoms with Gasteiger partial charge in [0.05, 0.1) is 5.41 Å². The Bertz CT molecular complexity index is 3910. The predicted octanol–water partition coefficient (Wildman–Crippen LogP) is 19.4. The molecule has 0 amide bonds. The summed E-state index contributed by atoms with van der Waals surface area (Å²) in [6.07, 6.45) is 0. The number of benzene rings is 11. The van der Waals surface area contributed by atoms with E-state index in [0.29, 0.717) is 0 Å². The molecule has 0 aromatic heterocycles. The van der Waals surface area contributed by atoms with Gasteiger partial charge in [-0.3, -0.25) is 0 Å². The summed E-state index contributed by atoms with van der Waals surface area (Å²) in [6, 6.07) is 89.1. The van der Waals surface area contributed by atoms with Gasteiger partial charge in [0.25, 0.3) is 0 Å². The molecule has 1 heteroatoms. The molecule has 0 N–H and O–H groups in total. The van der Waals surface area contributed by atoms with E-state index < -0.39 is 5.41 Å². The number of anilines is 3. The second-order valence-corrected chi connectivity index (χ2v) is 22.0. The molecular weight excluding hydrogens is 867 g/mol. The van der Waals surface area contributed by atoms with Gasteiger partial charge in [-0.15, -0.1) is 0 Å². The molecule has 1 nitrogen and oxygen atoms in total. The predicted molar refractivity (Wildman–Crippen MR) is 306 cm³/mol. The lowest BCUT2D eigenvalue weighted by Gasteiger charge is -2.42. The molecule has 0 bridgehead atoms. The van der Waals surface area contributed by atoms with E-state index in [4.69, 9.17) is 0 Å². The molecule has 11 aromatic rings. The van der Waals surface area contributed by atoms with Crippen LogP contribution in [0, 0.1) is 0 Å². The third-order valence-electron chi connectivity index (χ3n) is 15.7. The average molecular weight is 924 g/mol. The van der Waals surface area contributed by atoms with Gasteiger partial charge in [0.1, 0.15) is 0 Å². The first-order valence-corrected chi connectivity index (χ1v) is 25.6. The molecule has 0 saturated heterocycles. The Morgan fingerprint density at radius 1 is 0.292 bits per heavy atom. The summed E-state index contributed by atoms with van der Waals surface area (Å²) < 4.78 is 0. The van der Waals surface area contributed by atoms with Crippen molar-refractivity contribution in [1.29, 1.82) is 0 Å². The van der Waals surface area contributed by atoms with E-state index >= 15 is 0 Å². The van der Waals surface area contributed by atoms with Crippen LogP contribution in [0.3, 0.4) is 0 Å². The van der Waals surface area contributed by atoms with Crippen LogP contribution in [-0.2, 0) is 16.2 Å². The first kappa shape index (κ1) is 43.7. The minimum atomic E-state index is -0.639. The highest BCUT2D eigenvalue weighted by Gasteiger charge is 2.51. The molecule has 1 spiro atoms. The van der Waals surface area contributed by atoms with Gasteiger partial charge in [-0.2, -0.15) is 0 Å². The lowest BCUT2D eigenvalue weighted by molar-refractivity contribution is 0.593. The van der Waals surface area contributed by atoms with Gasteiger partial charge in [-0.05, 0) is 158 Å². The number of rotatable bonds is 6. The quantitative estimate of drug-likeness (QED) is 0.161. The van der Waals surface area contributed by atoms with Gasteiger partial charge in [-0.1, -0.05) is 242 Å². The van der Waals surface area contributed by atoms with Crippen LogP contribution in [0.1, 0.15) is 74.9 Å². The molecule has 346 valence electrons. The van der Waals surface area contributed by atoms with Crippen LogP contribution < -0.4 is 4.90 Å². The molecule has 2 aliphatic rings. The minimum Gasteiger partial charge on any atom is -0.310 e. The van der Waals surface area contributed by atoms with Crippen molar-refractivity contribution in [2.45, 2.75) is 57.8 Å². The van der Waals surface area contributed by atoms with E-state index in [1.54, 1.807) is 0 Å². The first-order chi connectivity index (χ1) is 35.0. The zero-order valence-electron chi connectivity index (χ0n) is 42.0. The summed E-state index contributed by atoms with van der Waals surface area (Å²) in [5.41, 5.74) is 23.0. The van der Waals surface area contributed by atoms with E-state index in [0.717, 1.165) is 17.1 Å². The second-order valence-electron chi connectivity index (χ2n) is 22.0. The molecule has 72 heavy (non-hydrogen) atoms. The van der Waals surface area contributed by atoms with Gasteiger partial charge in [0, 0.05) is 17.1 Å². The summed E-state index contributed by atoms with van der Waals surface area (Å²) in [7, 11) is 0. The molecule has 0 heterocycles. The zero-order chi connectivity index (χ0) is 48.9. The van der Waals surface area contributed by atoms with Crippen LogP contribution in [0.4, 0.5) is 17.1 Å². The Balaban J connectivity index is 1.14. The maximum absolute atomic E-state index is 2.62. The standard InChI is InChI=1S/C71H57N/c1-69(2,3)61-42-41-59-67-57-29-17-16-28-55(57)64(70(4,5)6)45-66(67)71(63-32-20-30-58(61)68(59)63)62-31-19-18-27-54(62)56-40-38-52(44-65(56)71)72(50-35-33-47(34-36-50)46-21-10-7-11-22-46)51-37-39-53(48-23-12-8-13-24-48)60(43-51)49-25-14-9-15-26-49/h7-45H,1-6H3. The Morgan fingerprint density at radius 2 is 0.792 bits per heavy atom. The van der Waals surface area contributed by atoms with Crippen molar-refractivity contribution >= 4 is 38.6 Å². The van der Waals surface area contributed by atoms with Crippen molar-refractivity contribution < 1.29 is 0 Å². The average Bonchev–Trinajstić information content (AvgIpc) is 3.70. The highest BCUT2D eigenvalue weighted by atomic mass is 15.1. The lowest BCUT2D eigenvalue weighted by atomic mass is 9.59. The number of hydrogen-bond donors (Lipinski definition) is 0. The molecule has 11 aromatic carbocycles. The summed E-state index contributed by atoms with van der Waals surface area (Å²) in [5.74, 6) is 0. The Morgan fingerprint density at radius 3 is 1.47 bits per heavy atom. The summed E-state index contributed by atoms with van der Waals surface area (Å²) in [4.78, 5) is 2.49. The van der Waals surface area contributed by atoms with Crippen molar-refractivity contribution in [1.82, 2.24) is 0 Å². The topological polar surface area (TPSA) is 3.24 Å². The van der Waals surface area contributed by atoms with E-state index in [2.05, 4.69) is 283 Å². The van der Waals surface area contributed by atoms with Crippen molar-refractivity contribution in [3.63, 3.8) is 0 Å². The second kappa shape index (κ2) is 16.4. The SMILES string of the molecule is CC(C)(C)c1cc2c(c3ccccc13)-c1ccc(C(C)(C)C)c3cccc(c13)C21c2ccccc2-c2ccc(N(c3ccc(-c4ccccc4)cc3)c3ccc(-c4ccccc4)c(-c4ccccc4)c3)cc21. The highest BCUT2D eigenvalue weighted by molar-refractivity contribution is 6.15. The first-order valence-electron chi connectivity index (χ1n) is 25.6. The Hall–Kier alpha value is -8.26. The maximum Gasteiger partial charge on any atom is 0.0726 e. The van der Waals surface area contributed by atoms with Crippen molar-refractivity contribution in [2.24, 2.45) is 0 Å². The fourth-order valence-electron chi connectivity index (χ4n) is 12.6. The van der Waals surface area contributed by atoms with Crippen LogP contribution in [0.5, 0.6) is 0 Å². The smallest absolute Gasteiger partial charge is 0.0726 e. The third kappa shape index (κ3) is 6.67. The van der Waals surface area contributed by atoms with Gasteiger partial charge >= 0.3 is 0 Å². The van der Waals surface area contributed by atoms with Crippen LogP contribution in [0.25, 0.3) is 77.2 Å². The summed E-state index contributed by atoms with van der Waals surface area (Å²) >= 11 is 0. The van der Waals surface area contributed by atoms with Gasteiger partial charge < -0.3 is 4.90 Å². The number of hydrogen-bond acceptors (Lipinski definition) is 1. The molecule has 13 rings (SSSR count). The van der Waals surface area contributed by atoms with Gasteiger partial charge in [0.15, 0.2) is 0 Å². The normalized spacial score (nSPS) is 14.6. The zero-order valence-corrected chi connectivity index (χ0v) is 42.0. The Labute approximate surface area is 424 Å². The van der Waals surface area contributed by atoms with Crippen molar-refractivity contribution in [3.8, 4) is 55.6 Å².